The average Bonchev–Trinajstić information content (AvgIpc) is 3.37. The number of hydrogen-bond acceptors (Lipinski definition) is 4. The van der Waals surface area contributed by atoms with E-state index in [4.69, 9.17) is 9.15 Å². The highest BCUT2D eigenvalue weighted by Crippen LogP contribution is 2.48. The molecule has 5 nitrogen and oxygen atoms in total. The molecule has 1 unspecified atom stereocenters. The third-order valence-electron chi connectivity index (χ3n) is 4.88. The molecule has 0 spiro atoms. The molecule has 2 aromatic carbocycles. The first kappa shape index (κ1) is 16.8. The van der Waals surface area contributed by atoms with Crippen molar-refractivity contribution in [2.24, 2.45) is 5.92 Å². The summed E-state index contributed by atoms with van der Waals surface area (Å²) in [7, 11) is 1.64. The predicted octanol–water partition coefficient (Wildman–Crippen LogP) is 3.61. The molecule has 0 saturated heterocycles. The van der Waals surface area contributed by atoms with Crippen LogP contribution in [0.2, 0.25) is 0 Å². The van der Waals surface area contributed by atoms with Gasteiger partial charge in [0, 0.05) is 19.6 Å². The summed E-state index contributed by atoms with van der Waals surface area (Å²) in [6.07, 6.45) is 0.903. The SMILES string of the molecule is COCCN(Cc1nc2ccccc2o1)C(=O)C1C[C@@H]1c1ccccc1. The molecule has 4 rings (SSSR count). The molecule has 0 radical (unpaired) electrons. The van der Waals surface area contributed by atoms with Gasteiger partial charge < -0.3 is 14.1 Å². The van der Waals surface area contributed by atoms with Crippen LogP contribution in [0.5, 0.6) is 0 Å². The van der Waals surface area contributed by atoms with Gasteiger partial charge in [-0.15, -0.1) is 0 Å². The van der Waals surface area contributed by atoms with E-state index in [1.807, 2.05) is 47.4 Å². The summed E-state index contributed by atoms with van der Waals surface area (Å²) in [5, 5.41) is 0. The molecule has 1 heterocycles. The lowest BCUT2D eigenvalue weighted by Gasteiger charge is -2.21. The Labute approximate surface area is 152 Å². The van der Waals surface area contributed by atoms with Crippen molar-refractivity contribution in [1.82, 2.24) is 9.88 Å². The monoisotopic (exact) mass is 350 g/mol. The summed E-state index contributed by atoms with van der Waals surface area (Å²) in [6.45, 7) is 1.40. The van der Waals surface area contributed by atoms with Crippen LogP contribution in [0.15, 0.2) is 59.0 Å². The number of carbonyl (C=O) groups is 1. The van der Waals surface area contributed by atoms with Gasteiger partial charge in [-0.25, -0.2) is 4.98 Å². The first-order valence-electron chi connectivity index (χ1n) is 8.93. The molecule has 0 N–H and O–H groups in total. The van der Waals surface area contributed by atoms with Crippen LogP contribution in [-0.4, -0.2) is 36.1 Å². The second-order valence-electron chi connectivity index (χ2n) is 6.69. The van der Waals surface area contributed by atoms with Gasteiger partial charge in [0.25, 0.3) is 0 Å². The Morgan fingerprint density at radius 3 is 2.73 bits per heavy atom. The molecule has 1 aliphatic rings. The van der Waals surface area contributed by atoms with E-state index < -0.39 is 0 Å². The fourth-order valence-corrected chi connectivity index (χ4v) is 3.39. The number of amides is 1. The Bertz CT molecular complexity index is 857. The molecule has 3 aromatic rings. The number of methoxy groups -OCH3 is 1. The molecule has 1 saturated carbocycles. The first-order valence-corrected chi connectivity index (χ1v) is 8.93. The van der Waals surface area contributed by atoms with Crippen LogP contribution in [0, 0.1) is 5.92 Å². The molecular weight excluding hydrogens is 328 g/mol. The normalized spacial score (nSPS) is 18.8. The highest BCUT2D eigenvalue weighted by molar-refractivity contribution is 5.83. The number of oxazole rings is 1. The topological polar surface area (TPSA) is 55.6 Å². The molecule has 134 valence electrons. The molecule has 2 atom stereocenters. The highest BCUT2D eigenvalue weighted by Gasteiger charge is 2.45. The van der Waals surface area contributed by atoms with Crippen molar-refractivity contribution in [3.63, 3.8) is 0 Å². The maximum absolute atomic E-state index is 13.0. The summed E-state index contributed by atoms with van der Waals surface area (Å²) < 4.78 is 11.0. The van der Waals surface area contributed by atoms with Crippen LogP contribution < -0.4 is 0 Å². The fraction of sp³-hybridized carbons (Fsp3) is 0.333. The smallest absolute Gasteiger partial charge is 0.226 e. The van der Waals surface area contributed by atoms with Crippen molar-refractivity contribution in [2.75, 3.05) is 20.3 Å². The van der Waals surface area contributed by atoms with Crippen LogP contribution in [-0.2, 0) is 16.1 Å². The zero-order valence-corrected chi connectivity index (χ0v) is 14.8. The molecule has 1 aromatic heterocycles. The number of aromatic nitrogens is 1. The zero-order chi connectivity index (χ0) is 17.9. The van der Waals surface area contributed by atoms with Crippen LogP contribution in [0.4, 0.5) is 0 Å². The number of carbonyl (C=O) groups excluding carboxylic acids is 1. The number of hydrogen-bond donors (Lipinski definition) is 0. The van der Waals surface area contributed by atoms with Crippen molar-refractivity contribution in [3.8, 4) is 0 Å². The summed E-state index contributed by atoms with van der Waals surface area (Å²) >= 11 is 0. The Morgan fingerprint density at radius 2 is 1.96 bits per heavy atom. The third-order valence-corrected chi connectivity index (χ3v) is 4.88. The van der Waals surface area contributed by atoms with Gasteiger partial charge >= 0.3 is 0 Å². The number of rotatable bonds is 7. The average molecular weight is 350 g/mol. The van der Waals surface area contributed by atoms with Crippen LogP contribution in [0.25, 0.3) is 11.1 Å². The lowest BCUT2D eigenvalue weighted by atomic mass is 10.1. The van der Waals surface area contributed by atoms with Gasteiger partial charge in [0.1, 0.15) is 5.52 Å². The zero-order valence-electron chi connectivity index (χ0n) is 14.8. The van der Waals surface area contributed by atoms with Crippen molar-refractivity contribution >= 4 is 17.0 Å². The fourth-order valence-electron chi connectivity index (χ4n) is 3.39. The number of para-hydroxylation sites is 2. The summed E-state index contributed by atoms with van der Waals surface area (Å²) in [6, 6.07) is 17.9. The number of fused-ring (bicyclic) bond motifs is 1. The van der Waals surface area contributed by atoms with Crippen LogP contribution >= 0.6 is 0 Å². The molecule has 1 amide bonds. The first-order chi connectivity index (χ1) is 12.8. The number of benzene rings is 2. The van der Waals surface area contributed by atoms with Gasteiger partial charge in [-0.3, -0.25) is 4.79 Å². The van der Waals surface area contributed by atoms with Gasteiger partial charge in [0.15, 0.2) is 5.58 Å². The van der Waals surface area contributed by atoms with E-state index in [0.717, 1.165) is 17.5 Å². The molecule has 1 aliphatic carbocycles. The lowest BCUT2D eigenvalue weighted by molar-refractivity contribution is -0.134. The summed E-state index contributed by atoms with van der Waals surface area (Å²) in [5.41, 5.74) is 2.80. The highest BCUT2D eigenvalue weighted by atomic mass is 16.5. The van der Waals surface area contributed by atoms with Crippen LogP contribution in [0.1, 0.15) is 23.8 Å². The second-order valence-corrected chi connectivity index (χ2v) is 6.69. The summed E-state index contributed by atoms with van der Waals surface area (Å²) in [4.78, 5) is 19.3. The van der Waals surface area contributed by atoms with E-state index in [-0.39, 0.29) is 11.8 Å². The van der Waals surface area contributed by atoms with E-state index in [2.05, 4.69) is 17.1 Å². The van der Waals surface area contributed by atoms with Crippen LogP contribution in [0.3, 0.4) is 0 Å². The standard InChI is InChI=1S/C21H22N2O3/c1-25-12-11-23(14-20-22-18-9-5-6-10-19(18)26-20)21(24)17-13-16(17)15-7-3-2-4-8-15/h2-10,16-17H,11-14H2,1H3/t16-,17?/m1/s1. The van der Waals surface area contributed by atoms with Crippen molar-refractivity contribution < 1.29 is 13.9 Å². The number of ether oxygens (including phenoxy) is 1. The number of nitrogens with zero attached hydrogens (tertiary/aromatic N) is 2. The maximum Gasteiger partial charge on any atom is 0.226 e. The molecule has 26 heavy (non-hydrogen) atoms. The maximum atomic E-state index is 13.0. The Balaban J connectivity index is 1.48. The van der Waals surface area contributed by atoms with E-state index in [1.165, 1.54) is 5.56 Å². The van der Waals surface area contributed by atoms with Gasteiger partial charge in [-0.2, -0.15) is 0 Å². The van der Waals surface area contributed by atoms with Gasteiger partial charge in [0.05, 0.1) is 13.2 Å². The quantitative estimate of drug-likeness (QED) is 0.653. The lowest BCUT2D eigenvalue weighted by Crippen LogP contribution is -2.35. The molecular formula is C21H22N2O3. The van der Waals surface area contributed by atoms with Crippen molar-refractivity contribution in [3.05, 3.63) is 66.1 Å². The second kappa shape index (κ2) is 7.30. The molecule has 0 bridgehead atoms. The Hall–Kier alpha value is -2.66. The Morgan fingerprint density at radius 1 is 1.19 bits per heavy atom. The van der Waals surface area contributed by atoms with E-state index >= 15 is 0 Å². The Kier molecular flexibility index (Phi) is 4.71. The minimum absolute atomic E-state index is 0.0404. The largest absolute Gasteiger partial charge is 0.439 e. The van der Waals surface area contributed by atoms with Gasteiger partial charge in [-0.1, -0.05) is 42.5 Å². The van der Waals surface area contributed by atoms with Gasteiger partial charge in [0.2, 0.25) is 11.8 Å². The van der Waals surface area contributed by atoms with E-state index in [0.29, 0.717) is 31.5 Å². The van der Waals surface area contributed by atoms with E-state index in [9.17, 15) is 4.79 Å². The van der Waals surface area contributed by atoms with E-state index in [1.54, 1.807) is 7.11 Å². The minimum Gasteiger partial charge on any atom is -0.439 e. The predicted molar refractivity (Wildman–Crippen MR) is 98.6 cm³/mol. The van der Waals surface area contributed by atoms with Crippen molar-refractivity contribution in [1.29, 1.82) is 0 Å². The summed E-state index contributed by atoms with van der Waals surface area (Å²) in [5.74, 6) is 1.07. The molecule has 1 fully saturated rings. The molecule has 5 heteroatoms. The third kappa shape index (κ3) is 3.48. The van der Waals surface area contributed by atoms with Gasteiger partial charge in [-0.05, 0) is 30.0 Å². The minimum atomic E-state index is 0.0404. The molecule has 0 aliphatic heterocycles. The van der Waals surface area contributed by atoms with Crippen molar-refractivity contribution in [2.45, 2.75) is 18.9 Å².